The molecule has 3 aromatic rings. The fourth-order valence-electron chi connectivity index (χ4n) is 2.17. The Kier molecular flexibility index (Phi) is 4.80. The number of hydrogen-bond donors (Lipinski definition) is 2. The molecule has 0 saturated carbocycles. The Balaban J connectivity index is 1.87. The maximum Gasteiger partial charge on any atom is 0.349 e. The molecule has 128 valence electrons. The Labute approximate surface area is 146 Å². The summed E-state index contributed by atoms with van der Waals surface area (Å²) >= 11 is 0.911. The van der Waals surface area contributed by atoms with E-state index < -0.39 is 18.5 Å². The number of carbonyl (C=O) groups is 2. The molecule has 0 bridgehead atoms. The van der Waals surface area contributed by atoms with E-state index in [9.17, 15) is 14.7 Å². The van der Waals surface area contributed by atoms with Crippen LogP contribution in [0.25, 0.3) is 10.2 Å². The molecule has 0 aliphatic rings. The van der Waals surface area contributed by atoms with Crippen LogP contribution in [-0.2, 0) is 11.4 Å². The maximum absolute atomic E-state index is 11.4. The predicted octanol–water partition coefficient (Wildman–Crippen LogP) is 3.04. The highest BCUT2D eigenvalue weighted by atomic mass is 32.1. The van der Waals surface area contributed by atoms with Crippen LogP contribution in [0.1, 0.15) is 15.2 Å². The quantitative estimate of drug-likeness (QED) is 0.668. The van der Waals surface area contributed by atoms with E-state index in [-0.39, 0.29) is 10.6 Å². The molecule has 0 aliphatic heterocycles. The molecule has 1 aromatic carbocycles. The molecule has 25 heavy (non-hydrogen) atoms. The van der Waals surface area contributed by atoms with Gasteiger partial charge < -0.3 is 19.7 Å². The highest BCUT2D eigenvalue weighted by Crippen LogP contribution is 2.37. The normalized spacial score (nSPS) is 10.6. The van der Waals surface area contributed by atoms with E-state index >= 15 is 0 Å². The van der Waals surface area contributed by atoms with Crippen LogP contribution < -0.4 is 9.47 Å². The number of thiophene rings is 1. The van der Waals surface area contributed by atoms with Gasteiger partial charge in [0.1, 0.15) is 11.4 Å². The highest BCUT2D eigenvalue weighted by Gasteiger charge is 2.21. The number of carboxylic acids is 2. The van der Waals surface area contributed by atoms with Crippen LogP contribution in [0.15, 0.2) is 42.5 Å². The smallest absolute Gasteiger partial charge is 0.349 e. The topological polar surface area (TPSA) is 106 Å². The Morgan fingerprint density at radius 1 is 1.04 bits per heavy atom. The van der Waals surface area contributed by atoms with Gasteiger partial charge in [-0.05, 0) is 11.6 Å². The summed E-state index contributed by atoms with van der Waals surface area (Å²) in [6, 6.07) is 12.8. The predicted molar refractivity (Wildman–Crippen MR) is 90.5 cm³/mol. The molecule has 2 heterocycles. The Morgan fingerprint density at radius 2 is 1.80 bits per heavy atom. The first kappa shape index (κ1) is 16.7. The first-order chi connectivity index (χ1) is 12.0. The number of pyridine rings is 1. The second-order valence-electron chi connectivity index (χ2n) is 5.02. The van der Waals surface area contributed by atoms with Gasteiger partial charge in [-0.2, -0.15) is 0 Å². The van der Waals surface area contributed by atoms with Crippen LogP contribution in [0.3, 0.4) is 0 Å². The van der Waals surface area contributed by atoms with Crippen LogP contribution in [0.5, 0.6) is 11.6 Å². The molecule has 0 unspecified atom stereocenters. The van der Waals surface area contributed by atoms with E-state index in [1.165, 1.54) is 0 Å². The second-order valence-corrected chi connectivity index (χ2v) is 6.02. The number of carboxylic acid groups (broad SMARTS) is 2. The second kappa shape index (κ2) is 7.18. The van der Waals surface area contributed by atoms with Crippen molar-refractivity contribution < 1.29 is 29.3 Å². The molecule has 2 N–H and O–H groups in total. The van der Waals surface area contributed by atoms with Crippen LogP contribution in [-0.4, -0.2) is 33.7 Å². The lowest BCUT2D eigenvalue weighted by atomic mass is 10.2. The van der Waals surface area contributed by atoms with Gasteiger partial charge in [-0.3, -0.25) is 0 Å². The average molecular weight is 359 g/mol. The van der Waals surface area contributed by atoms with Crippen molar-refractivity contribution in [1.29, 1.82) is 0 Å². The van der Waals surface area contributed by atoms with Gasteiger partial charge in [0.05, 0.1) is 5.39 Å². The number of rotatable bonds is 7. The minimum Gasteiger partial charge on any atom is -0.479 e. The highest BCUT2D eigenvalue weighted by molar-refractivity contribution is 7.20. The Hall–Kier alpha value is -3.13. The molecular formula is C17H13NO6S. The Morgan fingerprint density at radius 3 is 2.48 bits per heavy atom. The largest absolute Gasteiger partial charge is 0.479 e. The lowest BCUT2D eigenvalue weighted by Gasteiger charge is -2.06. The fraction of sp³-hybridized carbons (Fsp3) is 0.118. The van der Waals surface area contributed by atoms with Crippen LogP contribution in [0.2, 0.25) is 0 Å². The average Bonchev–Trinajstić information content (AvgIpc) is 2.97. The first-order valence-electron chi connectivity index (χ1n) is 7.22. The summed E-state index contributed by atoms with van der Waals surface area (Å²) in [7, 11) is 0. The summed E-state index contributed by atoms with van der Waals surface area (Å²) in [6.07, 6.45) is 0. The van der Waals surface area contributed by atoms with Gasteiger partial charge >= 0.3 is 11.9 Å². The van der Waals surface area contributed by atoms with Crippen molar-refractivity contribution in [3.8, 4) is 11.6 Å². The standard InChI is InChI=1S/C17H13NO6S/c19-13(20)9-24-14-11-6-7-12(18-16(11)25-15(14)17(21)22)23-8-10-4-2-1-3-5-10/h1-7H,8-9H2,(H,19,20)(H,21,22). The molecule has 0 saturated heterocycles. The number of hydrogen-bond acceptors (Lipinski definition) is 6. The van der Waals surface area contributed by atoms with Gasteiger partial charge in [0.15, 0.2) is 17.2 Å². The van der Waals surface area contributed by atoms with E-state index in [2.05, 4.69) is 4.98 Å². The molecule has 0 spiro atoms. The number of benzene rings is 1. The zero-order valence-electron chi connectivity index (χ0n) is 12.8. The van der Waals surface area contributed by atoms with Gasteiger partial charge in [-0.25, -0.2) is 14.6 Å². The number of fused-ring (bicyclic) bond motifs is 1. The molecule has 3 rings (SSSR count). The number of aromatic nitrogens is 1. The first-order valence-corrected chi connectivity index (χ1v) is 8.04. The number of aromatic carboxylic acids is 1. The van der Waals surface area contributed by atoms with Crippen molar-refractivity contribution in [3.63, 3.8) is 0 Å². The van der Waals surface area contributed by atoms with Gasteiger partial charge in [0.2, 0.25) is 5.88 Å². The third-order valence-corrected chi connectivity index (χ3v) is 4.32. The summed E-state index contributed by atoms with van der Waals surface area (Å²) in [5, 5.41) is 18.4. The van der Waals surface area contributed by atoms with E-state index in [0.717, 1.165) is 16.9 Å². The summed E-state index contributed by atoms with van der Waals surface area (Å²) in [6.45, 7) is -0.294. The molecule has 7 nitrogen and oxygen atoms in total. The molecule has 0 atom stereocenters. The molecule has 0 radical (unpaired) electrons. The molecule has 2 aromatic heterocycles. The SMILES string of the molecule is O=C(O)COc1c(C(=O)O)sc2nc(OCc3ccccc3)ccc12. The van der Waals surface area contributed by atoms with E-state index in [1.807, 2.05) is 30.3 Å². The molecule has 0 aliphatic carbocycles. The van der Waals surface area contributed by atoms with Gasteiger partial charge in [-0.1, -0.05) is 30.3 Å². The van der Waals surface area contributed by atoms with Crippen molar-refractivity contribution in [1.82, 2.24) is 4.98 Å². The third-order valence-electron chi connectivity index (χ3n) is 3.25. The summed E-state index contributed by atoms with van der Waals surface area (Å²) < 4.78 is 10.8. The van der Waals surface area contributed by atoms with Crippen molar-refractivity contribution in [2.45, 2.75) is 6.61 Å². The maximum atomic E-state index is 11.4. The molecule has 8 heteroatoms. The summed E-state index contributed by atoms with van der Waals surface area (Å²) in [4.78, 5) is 26.6. The number of nitrogens with zero attached hydrogens (tertiary/aromatic N) is 1. The number of aliphatic carboxylic acids is 1. The van der Waals surface area contributed by atoms with E-state index in [0.29, 0.717) is 22.7 Å². The lowest BCUT2D eigenvalue weighted by Crippen LogP contribution is -2.10. The minimum atomic E-state index is -1.20. The van der Waals surface area contributed by atoms with Crippen molar-refractivity contribution >= 4 is 33.5 Å². The zero-order valence-corrected chi connectivity index (χ0v) is 13.7. The van der Waals surface area contributed by atoms with Crippen LogP contribution >= 0.6 is 11.3 Å². The summed E-state index contributed by atoms with van der Waals surface area (Å²) in [5.41, 5.74) is 0.979. The van der Waals surface area contributed by atoms with Crippen molar-refractivity contribution in [2.75, 3.05) is 6.61 Å². The monoisotopic (exact) mass is 359 g/mol. The van der Waals surface area contributed by atoms with Gasteiger partial charge in [0, 0.05) is 6.07 Å². The zero-order chi connectivity index (χ0) is 17.8. The number of ether oxygens (including phenoxy) is 2. The van der Waals surface area contributed by atoms with Crippen molar-refractivity contribution in [2.24, 2.45) is 0 Å². The lowest BCUT2D eigenvalue weighted by molar-refractivity contribution is -0.139. The fourth-order valence-corrected chi connectivity index (χ4v) is 3.12. The van der Waals surface area contributed by atoms with Crippen LogP contribution in [0, 0.1) is 0 Å². The molecule has 0 fully saturated rings. The van der Waals surface area contributed by atoms with Crippen molar-refractivity contribution in [3.05, 3.63) is 52.9 Å². The van der Waals surface area contributed by atoms with E-state index in [4.69, 9.17) is 14.6 Å². The minimum absolute atomic E-state index is 0.0111. The van der Waals surface area contributed by atoms with Gasteiger partial charge in [-0.15, -0.1) is 11.3 Å². The Bertz CT molecular complexity index is 922. The molecule has 0 amide bonds. The van der Waals surface area contributed by atoms with Crippen LogP contribution in [0.4, 0.5) is 0 Å². The molecular weight excluding hydrogens is 346 g/mol. The summed E-state index contributed by atoms with van der Waals surface area (Å²) in [5.74, 6) is -2.03. The van der Waals surface area contributed by atoms with Gasteiger partial charge in [0.25, 0.3) is 0 Å². The third kappa shape index (κ3) is 3.86. The van der Waals surface area contributed by atoms with E-state index in [1.54, 1.807) is 12.1 Å².